The van der Waals surface area contributed by atoms with Crippen molar-refractivity contribution in [2.45, 2.75) is 24.8 Å². The van der Waals surface area contributed by atoms with Gasteiger partial charge in [-0.1, -0.05) is 0 Å². The van der Waals surface area contributed by atoms with E-state index in [1.165, 1.54) is 4.90 Å². The molecule has 72 valence electrons. The average Bonchev–Trinajstić information content (AvgIpc) is 2.60. The Bertz CT molecular complexity index is 281. The molecule has 1 aliphatic heterocycles. The van der Waals surface area contributed by atoms with Crippen molar-refractivity contribution in [2.24, 2.45) is 5.92 Å². The van der Waals surface area contributed by atoms with E-state index in [-0.39, 0.29) is 0 Å². The van der Waals surface area contributed by atoms with Crippen molar-refractivity contribution in [3.63, 3.8) is 0 Å². The van der Waals surface area contributed by atoms with Crippen LogP contribution >= 0.6 is 11.6 Å². The molecule has 1 amide bonds. The number of nitrogens with zero attached hydrogens (tertiary/aromatic N) is 1. The van der Waals surface area contributed by atoms with Crippen LogP contribution in [0.3, 0.4) is 0 Å². The maximum Gasteiger partial charge on any atom is 0.408 e. The molecule has 0 aromatic rings. The zero-order valence-corrected chi connectivity index (χ0v) is 7.75. The lowest BCUT2D eigenvalue weighted by Crippen LogP contribution is -2.51. The van der Waals surface area contributed by atoms with Crippen LogP contribution in [0.4, 0.5) is 4.79 Å². The van der Waals surface area contributed by atoms with Crippen LogP contribution in [0.1, 0.15) is 19.3 Å². The zero-order chi connectivity index (χ0) is 9.64. The van der Waals surface area contributed by atoms with Crippen molar-refractivity contribution in [1.82, 2.24) is 4.90 Å². The number of hydrogen-bond acceptors (Lipinski definition) is 2. The highest BCUT2D eigenvalue weighted by molar-refractivity contribution is 6.65. The normalized spacial score (nSPS) is 36.7. The molecule has 0 radical (unpaired) electrons. The van der Waals surface area contributed by atoms with Crippen LogP contribution in [0.25, 0.3) is 0 Å². The summed E-state index contributed by atoms with van der Waals surface area (Å²) in [7, 11) is 0. The molecule has 2 unspecified atom stereocenters. The first kappa shape index (κ1) is 8.81. The molecule has 1 heterocycles. The van der Waals surface area contributed by atoms with Crippen LogP contribution in [-0.4, -0.2) is 33.4 Å². The molecule has 2 atom stereocenters. The monoisotopic (exact) mass is 203 g/mol. The molecule has 0 spiro atoms. The van der Waals surface area contributed by atoms with Gasteiger partial charge in [0.15, 0.2) is 0 Å². The second-order valence-corrected chi connectivity index (χ2v) is 4.15. The van der Waals surface area contributed by atoms with Crippen molar-refractivity contribution in [3.8, 4) is 0 Å². The highest BCUT2D eigenvalue weighted by Crippen LogP contribution is 2.47. The van der Waals surface area contributed by atoms with E-state index in [4.69, 9.17) is 16.7 Å². The van der Waals surface area contributed by atoms with E-state index in [1.807, 2.05) is 0 Å². The van der Waals surface area contributed by atoms with Gasteiger partial charge in [-0.15, -0.1) is 0 Å². The number of rotatable bonds is 1. The summed E-state index contributed by atoms with van der Waals surface area (Å²) in [6.45, 7) is 0.466. The predicted octanol–water partition coefficient (Wildman–Crippen LogP) is 1.28. The number of carbonyl (C=O) groups excluding carboxylic acids is 1. The molecule has 2 rings (SSSR count). The largest absolute Gasteiger partial charge is 0.465 e. The second kappa shape index (κ2) is 2.61. The molecular weight excluding hydrogens is 194 g/mol. The first-order chi connectivity index (χ1) is 6.06. The number of likely N-dealkylation sites (tertiary alicyclic amines) is 1. The van der Waals surface area contributed by atoms with Gasteiger partial charge in [0.2, 0.25) is 5.24 Å². The van der Waals surface area contributed by atoms with Crippen molar-refractivity contribution >= 4 is 22.9 Å². The molecule has 1 aliphatic carbocycles. The molecule has 13 heavy (non-hydrogen) atoms. The van der Waals surface area contributed by atoms with Crippen LogP contribution in [0.15, 0.2) is 0 Å². The average molecular weight is 204 g/mol. The zero-order valence-electron chi connectivity index (χ0n) is 6.99. The Morgan fingerprint density at radius 3 is 2.62 bits per heavy atom. The Morgan fingerprint density at radius 1 is 1.54 bits per heavy atom. The number of fused-ring (bicyclic) bond motifs is 2. The Labute approximate surface area is 80.5 Å². The summed E-state index contributed by atoms with van der Waals surface area (Å²) < 4.78 is 0. The summed E-state index contributed by atoms with van der Waals surface area (Å²) in [5.74, 6) is 0.332. The smallest absolute Gasteiger partial charge is 0.408 e. The van der Waals surface area contributed by atoms with Crippen molar-refractivity contribution in [2.75, 3.05) is 6.54 Å². The van der Waals surface area contributed by atoms with Gasteiger partial charge in [0, 0.05) is 6.54 Å². The third kappa shape index (κ3) is 1.05. The summed E-state index contributed by atoms with van der Waals surface area (Å²) >= 11 is 5.46. The minimum atomic E-state index is -1.03. The molecule has 1 N–H and O–H groups in total. The van der Waals surface area contributed by atoms with Gasteiger partial charge < -0.3 is 5.11 Å². The van der Waals surface area contributed by atoms with Gasteiger partial charge in [0.1, 0.15) is 5.54 Å². The van der Waals surface area contributed by atoms with Crippen LogP contribution in [0.2, 0.25) is 0 Å². The minimum Gasteiger partial charge on any atom is -0.465 e. The first-order valence-electron chi connectivity index (χ1n) is 4.27. The minimum absolute atomic E-state index is 0.332. The molecule has 2 bridgehead atoms. The molecule has 2 fully saturated rings. The van der Waals surface area contributed by atoms with E-state index in [0.717, 1.165) is 6.42 Å². The Kier molecular flexibility index (Phi) is 1.77. The van der Waals surface area contributed by atoms with Crippen molar-refractivity contribution < 1.29 is 14.7 Å². The van der Waals surface area contributed by atoms with Gasteiger partial charge >= 0.3 is 6.09 Å². The standard InChI is InChI=1S/C8H10ClNO3/c9-6(11)8-2-1-5(3-8)4-10(8)7(12)13/h5H,1-4H2,(H,12,13). The quantitative estimate of drug-likeness (QED) is 0.654. The Morgan fingerprint density at radius 2 is 2.23 bits per heavy atom. The summed E-state index contributed by atoms with van der Waals surface area (Å²) in [6, 6.07) is 0. The van der Waals surface area contributed by atoms with Gasteiger partial charge in [-0.25, -0.2) is 4.79 Å². The van der Waals surface area contributed by atoms with Gasteiger partial charge in [-0.2, -0.15) is 0 Å². The van der Waals surface area contributed by atoms with Crippen LogP contribution in [0, 0.1) is 5.92 Å². The molecule has 0 aromatic carbocycles. The van der Waals surface area contributed by atoms with E-state index < -0.39 is 16.9 Å². The topological polar surface area (TPSA) is 57.6 Å². The maximum absolute atomic E-state index is 11.2. The lowest BCUT2D eigenvalue weighted by molar-refractivity contribution is -0.120. The fourth-order valence-corrected chi connectivity index (χ4v) is 2.78. The SMILES string of the molecule is O=C(O)N1CC2CCC1(C(=O)Cl)C2. The lowest BCUT2D eigenvalue weighted by Gasteiger charge is -2.33. The first-order valence-corrected chi connectivity index (χ1v) is 4.64. The summed E-state index contributed by atoms with van der Waals surface area (Å²) in [5, 5.41) is 8.35. The van der Waals surface area contributed by atoms with E-state index in [9.17, 15) is 9.59 Å². The van der Waals surface area contributed by atoms with Gasteiger partial charge in [-0.05, 0) is 36.8 Å². The predicted molar refractivity (Wildman–Crippen MR) is 45.7 cm³/mol. The maximum atomic E-state index is 11.2. The fourth-order valence-electron chi connectivity index (χ4n) is 2.50. The van der Waals surface area contributed by atoms with Gasteiger partial charge in [0.05, 0.1) is 0 Å². The van der Waals surface area contributed by atoms with E-state index in [2.05, 4.69) is 0 Å². The molecule has 4 nitrogen and oxygen atoms in total. The fraction of sp³-hybridized carbons (Fsp3) is 0.750. The van der Waals surface area contributed by atoms with Crippen LogP contribution in [-0.2, 0) is 4.79 Å². The number of carboxylic acid groups (broad SMARTS) is 1. The molecule has 2 aliphatic rings. The molecule has 1 saturated heterocycles. The molecular formula is C8H10ClNO3. The van der Waals surface area contributed by atoms with E-state index >= 15 is 0 Å². The number of hydrogen-bond donors (Lipinski definition) is 1. The summed E-state index contributed by atoms with van der Waals surface area (Å²) in [6.07, 6.45) is 1.09. The highest BCUT2D eigenvalue weighted by atomic mass is 35.5. The summed E-state index contributed by atoms with van der Waals surface area (Å²) in [5.41, 5.74) is -0.891. The van der Waals surface area contributed by atoms with Gasteiger partial charge in [-0.3, -0.25) is 9.69 Å². The van der Waals surface area contributed by atoms with Crippen LogP contribution < -0.4 is 0 Å². The lowest BCUT2D eigenvalue weighted by atomic mass is 9.99. The molecule has 5 heteroatoms. The van der Waals surface area contributed by atoms with Crippen LogP contribution in [0.5, 0.6) is 0 Å². The number of carbonyl (C=O) groups is 2. The summed E-state index contributed by atoms with van der Waals surface area (Å²) in [4.78, 5) is 23.2. The Balaban J connectivity index is 2.32. The van der Waals surface area contributed by atoms with Gasteiger partial charge in [0.25, 0.3) is 0 Å². The third-order valence-corrected chi connectivity index (χ3v) is 3.50. The van der Waals surface area contributed by atoms with E-state index in [0.29, 0.717) is 25.3 Å². The number of amides is 1. The Hall–Kier alpha value is -0.770. The number of halogens is 1. The number of piperidine rings is 1. The highest BCUT2D eigenvalue weighted by Gasteiger charge is 2.56. The van der Waals surface area contributed by atoms with Crippen molar-refractivity contribution in [3.05, 3.63) is 0 Å². The molecule has 1 saturated carbocycles. The molecule has 0 aromatic heterocycles. The van der Waals surface area contributed by atoms with E-state index in [1.54, 1.807) is 0 Å². The second-order valence-electron chi connectivity index (χ2n) is 3.81. The van der Waals surface area contributed by atoms with Crippen molar-refractivity contribution in [1.29, 1.82) is 0 Å². The third-order valence-electron chi connectivity index (χ3n) is 3.15.